The Labute approximate surface area is 174 Å². The van der Waals surface area contributed by atoms with Gasteiger partial charge in [0.15, 0.2) is 7.26 Å². The topological polar surface area (TPSA) is 3.24 Å². The Morgan fingerprint density at radius 2 is 0.963 bits per heavy atom. The summed E-state index contributed by atoms with van der Waals surface area (Å²) in [5.74, 6) is 0. The third-order valence-corrected chi connectivity index (χ3v) is 8.22. The summed E-state index contributed by atoms with van der Waals surface area (Å²) >= 11 is 0. The molecule has 0 aromatic heterocycles. The standard InChI is InChI=1S/C24H25NP.BrH/c1-3-25(4-2)20-21-26(22-14-8-5-9-15-22,23-16-10-6-11-17-23)24-18-12-7-13-19-24;/h5-19H,3-4H2,1-2H3;1H/q+1;/p-1. The van der Waals surface area contributed by atoms with Gasteiger partial charge in [0, 0.05) is 13.1 Å². The molecule has 3 aromatic rings. The molecule has 0 N–H and O–H groups in total. The van der Waals surface area contributed by atoms with Gasteiger partial charge < -0.3 is 21.9 Å². The molecule has 0 fully saturated rings. The first kappa shape index (κ1) is 21.2. The fourth-order valence-electron chi connectivity index (χ4n) is 3.12. The molecule has 0 heterocycles. The number of hydrogen-bond donors (Lipinski definition) is 0. The minimum absolute atomic E-state index is 0. The van der Waals surface area contributed by atoms with Gasteiger partial charge in [0.2, 0.25) is 0 Å². The van der Waals surface area contributed by atoms with Crippen molar-refractivity contribution in [3.05, 3.63) is 91.0 Å². The highest BCUT2D eigenvalue weighted by molar-refractivity contribution is 7.99. The van der Waals surface area contributed by atoms with Crippen molar-refractivity contribution in [2.75, 3.05) is 13.1 Å². The molecule has 138 valence electrons. The normalized spacial score (nSPS) is 10.3. The van der Waals surface area contributed by atoms with E-state index in [1.54, 1.807) is 0 Å². The third kappa shape index (κ3) is 4.62. The van der Waals surface area contributed by atoms with Crippen molar-refractivity contribution in [2.45, 2.75) is 13.8 Å². The summed E-state index contributed by atoms with van der Waals surface area (Å²) in [6.45, 7) is 6.18. The maximum absolute atomic E-state index is 3.77. The number of halogens is 1. The smallest absolute Gasteiger partial charge is 0.191 e. The second kappa shape index (κ2) is 10.3. The Bertz CT molecular complexity index is 769. The summed E-state index contributed by atoms with van der Waals surface area (Å²) in [6, 6.07) is 35.8. The highest BCUT2D eigenvalue weighted by Gasteiger charge is 2.44. The molecule has 0 aliphatic carbocycles. The Balaban J connectivity index is 0.00000261. The maximum atomic E-state index is 3.77. The Morgan fingerprint density at radius 1 is 0.630 bits per heavy atom. The first-order valence-electron chi connectivity index (χ1n) is 9.15. The van der Waals surface area contributed by atoms with Gasteiger partial charge in [-0.25, -0.2) is 0 Å². The lowest BCUT2D eigenvalue weighted by atomic mass is 10.4. The molecule has 1 nitrogen and oxygen atoms in total. The van der Waals surface area contributed by atoms with E-state index in [1.807, 2.05) is 0 Å². The average Bonchev–Trinajstić information content (AvgIpc) is 2.74. The number of nitrogens with zero attached hydrogens (tertiary/aromatic N) is 1. The minimum Gasteiger partial charge on any atom is -1.00 e. The summed E-state index contributed by atoms with van der Waals surface area (Å²) in [4.78, 5) is 2.18. The zero-order valence-electron chi connectivity index (χ0n) is 15.8. The van der Waals surface area contributed by atoms with Crippen LogP contribution >= 0.6 is 7.26 Å². The highest BCUT2D eigenvalue weighted by Crippen LogP contribution is 2.54. The maximum Gasteiger partial charge on any atom is 0.191 e. The predicted octanol–water partition coefficient (Wildman–Crippen LogP) is 1.24. The van der Waals surface area contributed by atoms with Crippen molar-refractivity contribution >= 4 is 23.2 Å². The minimum atomic E-state index is -2.04. The largest absolute Gasteiger partial charge is 1.00 e. The van der Waals surface area contributed by atoms with Crippen LogP contribution in [-0.2, 0) is 0 Å². The molecular weight excluding hydrogens is 413 g/mol. The summed E-state index contributed by atoms with van der Waals surface area (Å²) in [5.41, 5.74) is 3.77. The van der Waals surface area contributed by atoms with Crippen LogP contribution in [0.3, 0.4) is 0 Å². The lowest BCUT2D eigenvalue weighted by molar-refractivity contribution is -0.00000518. The van der Waals surface area contributed by atoms with E-state index in [0.717, 1.165) is 13.1 Å². The molecule has 0 saturated heterocycles. The molecule has 0 spiro atoms. The van der Waals surface area contributed by atoms with Crippen molar-refractivity contribution in [3.8, 4) is 11.7 Å². The zero-order valence-corrected chi connectivity index (χ0v) is 18.3. The van der Waals surface area contributed by atoms with Gasteiger partial charge in [-0.05, 0) is 50.2 Å². The van der Waals surface area contributed by atoms with Crippen LogP contribution in [0.15, 0.2) is 91.0 Å². The van der Waals surface area contributed by atoms with Gasteiger partial charge in [-0.3, -0.25) is 0 Å². The molecule has 0 bridgehead atoms. The van der Waals surface area contributed by atoms with E-state index in [4.69, 9.17) is 0 Å². The van der Waals surface area contributed by atoms with E-state index in [2.05, 4.69) is 121 Å². The van der Waals surface area contributed by atoms with Gasteiger partial charge >= 0.3 is 0 Å². The summed E-state index contributed by atoms with van der Waals surface area (Å²) < 4.78 is 0. The second-order valence-corrected chi connectivity index (χ2v) is 9.19. The van der Waals surface area contributed by atoms with Crippen molar-refractivity contribution in [1.82, 2.24) is 4.90 Å². The molecule has 3 aromatic carbocycles. The van der Waals surface area contributed by atoms with E-state index >= 15 is 0 Å². The number of hydrogen-bond acceptors (Lipinski definition) is 1. The molecule has 0 aliphatic rings. The van der Waals surface area contributed by atoms with Crippen LogP contribution in [-0.4, -0.2) is 18.0 Å². The lowest BCUT2D eigenvalue weighted by Gasteiger charge is -2.21. The molecule has 27 heavy (non-hydrogen) atoms. The Kier molecular flexibility index (Phi) is 8.11. The Hall–Kier alpha value is -2.07. The van der Waals surface area contributed by atoms with Crippen molar-refractivity contribution in [2.24, 2.45) is 0 Å². The highest BCUT2D eigenvalue weighted by atomic mass is 79.9. The summed E-state index contributed by atoms with van der Waals surface area (Å²) in [5, 5.41) is 3.91. The van der Waals surface area contributed by atoms with Gasteiger partial charge in [0.05, 0.1) is 6.04 Å². The van der Waals surface area contributed by atoms with Crippen LogP contribution in [0.5, 0.6) is 0 Å². The third-order valence-electron chi connectivity index (χ3n) is 4.57. The van der Waals surface area contributed by atoms with Gasteiger partial charge in [0.1, 0.15) is 21.6 Å². The number of benzene rings is 3. The second-order valence-electron chi connectivity index (χ2n) is 6.07. The van der Waals surface area contributed by atoms with E-state index < -0.39 is 7.26 Å². The van der Waals surface area contributed by atoms with Crippen LogP contribution in [0.25, 0.3) is 0 Å². The number of rotatable bonds is 5. The monoisotopic (exact) mass is 437 g/mol. The van der Waals surface area contributed by atoms with Crippen LogP contribution in [0.2, 0.25) is 0 Å². The van der Waals surface area contributed by atoms with Crippen LogP contribution in [0.1, 0.15) is 13.8 Å². The SMILES string of the molecule is CCN(C#C[P+](c1ccccc1)(c1ccccc1)c1ccccc1)CC.[Br-]. The predicted molar refractivity (Wildman–Crippen MR) is 116 cm³/mol. The van der Waals surface area contributed by atoms with Crippen LogP contribution in [0.4, 0.5) is 0 Å². The average molecular weight is 438 g/mol. The molecular formula is C24H25BrNP. The fourth-order valence-corrected chi connectivity index (χ4v) is 6.55. The van der Waals surface area contributed by atoms with E-state index in [-0.39, 0.29) is 17.0 Å². The molecule has 3 heteroatoms. The van der Waals surface area contributed by atoms with Gasteiger partial charge in [-0.2, -0.15) is 0 Å². The lowest BCUT2D eigenvalue weighted by Crippen LogP contribution is -3.00. The van der Waals surface area contributed by atoms with Crippen LogP contribution < -0.4 is 32.9 Å². The summed E-state index contributed by atoms with van der Waals surface area (Å²) in [6.07, 6.45) is 0. The first-order valence-corrected chi connectivity index (χ1v) is 10.9. The van der Waals surface area contributed by atoms with Gasteiger partial charge in [0.25, 0.3) is 0 Å². The van der Waals surface area contributed by atoms with Crippen molar-refractivity contribution in [3.63, 3.8) is 0 Å². The quantitative estimate of drug-likeness (QED) is 0.329. The molecule has 0 amide bonds. The van der Waals surface area contributed by atoms with E-state index in [1.165, 1.54) is 15.9 Å². The van der Waals surface area contributed by atoms with Gasteiger partial charge in [-0.15, -0.1) is 0 Å². The molecule has 0 unspecified atom stereocenters. The van der Waals surface area contributed by atoms with E-state index in [0.29, 0.717) is 0 Å². The molecule has 3 rings (SSSR count). The molecule has 0 radical (unpaired) electrons. The Morgan fingerprint density at radius 3 is 1.26 bits per heavy atom. The van der Waals surface area contributed by atoms with E-state index in [9.17, 15) is 0 Å². The molecule has 0 atom stereocenters. The molecule has 0 aliphatic heterocycles. The zero-order chi connectivity index (χ0) is 18.2. The first-order chi connectivity index (χ1) is 12.8. The fraction of sp³-hybridized carbons (Fsp3) is 0.167. The van der Waals surface area contributed by atoms with Crippen LogP contribution in [0, 0.1) is 11.7 Å². The van der Waals surface area contributed by atoms with Crippen molar-refractivity contribution in [1.29, 1.82) is 0 Å². The summed E-state index contributed by atoms with van der Waals surface area (Å²) in [7, 11) is -2.04. The van der Waals surface area contributed by atoms with Crippen molar-refractivity contribution < 1.29 is 17.0 Å². The molecule has 0 saturated carbocycles. The van der Waals surface area contributed by atoms with Gasteiger partial charge in [-0.1, -0.05) is 54.6 Å².